The molecule has 1 saturated carbocycles. The molecule has 0 radical (unpaired) electrons. The average Bonchev–Trinajstić information content (AvgIpc) is 2.94. The molecule has 18 heavy (non-hydrogen) atoms. The first-order valence-corrected chi connectivity index (χ1v) is 6.38. The lowest BCUT2D eigenvalue weighted by molar-refractivity contribution is 0.0932. The zero-order valence-electron chi connectivity index (χ0n) is 10.8. The Hall–Kier alpha value is -1.83. The molecule has 2 unspecified atom stereocenters. The van der Waals surface area contributed by atoms with Crippen LogP contribution in [-0.2, 0) is 13.5 Å². The Labute approximate surface area is 107 Å². The monoisotopic (exact) mass is 246 g/mol. The maximum atomic E-state index is 12.2. The van der Waals surface area contributed by atoms with Gasteiger partial charge in [-0.05, 0) is 25.7 Å². The summed E-state index contributed by atoms with van der Waals surface area (Å²) in [4.78, 5) is 12.2. The molecule has 1 heterocycles. The second-order valence-corrected chi connectivity index (χ2v) is 4.76. The third-order valence-electron chi connectivity index (χ3n) is 3.48. The molecule has 0 aromatic carbocycles. The van der Waals surface area contributed by atoms with Gasteiger partial charge in [0.25, 0.3) is 5.91 Å². The predicted octanol–water partition coefficient (Wildman–Crippen LogP) is 1.40. The van der Waals surface area contributed by atoms with Crippen LogP contribution in [-0.4, -0.2) is 21.7 Å². The molecule has 5 heteroatoms. The van der Waals surface area contributed by atoms with E-state index >= 15 is 0 Å². The van der Waals surface area contributed by atoms with Gasteiger partial charge in [0.15, 0.2) is 0 Å². The second-order valence-electron chi connectivity index (χ2n) is 4.76. The fourth-order valence-corrected chi connectivity index (χ4v) is 2.52. The minimum Gasteiger partial charge on any atom is -0.348 e. The summed E-state index contributed by atoms with van der Waals surface area (Å²) in [6.45, 7) is 1.98. The Morgan fingerprint density at radius 2 is 2.44 bits per heavy atom. The van der Waals surface area contributed by atoms with E-state index in [2.05, 4.69) is 16.5 Å². The first-order chi connectivity index (χ1) is 8.65. The molecule has 0 aliphatic heterocycles. The zero-order chi connectivity index (χ0) is 13.1. The highest BCUT2D eigenvalue weighted by Crippen LogP contribution is 2.25. The number of aromatic nitrogens is 2. The van der Waals surface area contributed by atoms with Crippen molar-refractivity contribution in [3.05, 3.63) is 17.5 Å². The summed E-state index contributed by atoms with van der Waals surface area (Å²) in [7, 11) is 1.81. The molecule has 1 amide bonds. The Morgan fingerprint density at radius 3 is 3.11 bits per heavy atom. The fourth-order valence-electron chi connectivity index (χ4n) is 2.52. The van der Waals surface area contributed by atoms with Crippen molar-refractivity contribution in [2.75, 3.05) is 0 Å². The molecule has 96 valence electrons. The topological polar surface area (TPSA) is 70.7 Å². The molecular weight excluding hydrogens is 228 g/mol. The lowest BCUT2D eigenvalue weighted by Crippen LogP contribution is -2.37. The maximum Gasteiger partial charge on any atom is 0.255 e. The first-order valence-electron chi connectivity index (χ1n) is 6.38. The molecular formula is C13H18N4O. The molecule has 1 N–H and O–H groups in total. The molecule has 1 fully saturated rings. The largest absolute Gasteiger partial charge is 0.348 e. The van der Waals surface area contributed by atoms with Crippen LogP contribution in [0.25, 0.3) is 0 Å². The summed E-state index contributed by atoms with van der Waals surface area (Å²) in [5, 5.41) is 16.2. The van der Waals surface area contributed by atoms with Crippen LogP contribution in [0.2, 0.25) is 0 Å². The molecule has 1 aromatic rings. The number of rotatable bonds is 3. The summed E-state index contributed by atoms with van der Waals surface area (Å²) in [5.41, 5.74) is 1.44. The van der Waals surface area contributed by atoms with E-state index < -0.39 is 0 Å². The predicted molar refractivity (Wildman–Crippen MR) is 66.8 cm³/mol. The highest BCUT2D eigenvalue weighted by molar-refractivity contribution is 5.95. The Morgan fingerprint density at radius 1 is 1.67 bits per heavy atom. The van der Waals surface area contributed by atoms with E-state index in [4.69, 9.17) is 5.26 Å². The van der Waals surface area contributed by atoms with E-state index in [9.17, 15) is 4.79 Å². The number of hydrogen-bond acceptors (Lipinski definition) is 3. The lowest BCUT2D eigenvalue weighted by Gasteiger charge is -2.15. The molecule has 2 atom stereocenters. The SMILES string of the molecule is CCc1nn(C)cc1C(=O)NC1CCCC1C#N. The van der Waals surface area contributed by atoms with Crippen LogP contribution in [0.3, 0.4) is 0 Å². The van der Waals surface area contributed by atoms with Crippen LogP contribution >= 0.6 is 0 Å². The van der Waals surface area contributed by atoms with Gasteiger partial charge in [-0.3, -0.25) is 9.48 Å². The van der Waals surface area contributed by atoms with Crippen LogP contribution in [0, 0.1) is 17.2 Å². The third kappa shape index (κ3) is 2.37. The fraction of sp³-hybridized carbons (Fsp3) is 0.615. The summed E-state index contributed by atoms with van der Waals surface area (Å²) < 4.78 is 1.66. The summed E-state index contributed by atoms with van der Waals surface area (Å²) in [6.07, 6.45) is 5.26. The van der Waals surface area contributed by atoms with E-state index in [-0.39, 0.29) is 17.9 Å². The van der Waals surface area contributed by atoms with Gasteiger partial charge < -0.3 is 5.32 Å². The lowest BCUT2D eigenvalue weighted by atomic mass is 10.1. The molecule has 0 saturated heterocycles. The van der Waals surface area contributed by atoms with Gasteiger partial charge in [-0.25, -0.2) is 0 Å². The number of nitriles is 1. The highest BCUT2D eigenvalue weighted by Gasteiger charge is 2.29. The number of carbonyl (C=O) groups is 1. The van der Waals surface area contributed by atoms with Gasteiger partial charge in [0.1, 0.15) is 0 Å². The standard InChI is InChI=1S/C13H18N4O/c1-3-11-10(8-17(2)16-11)13(18)15-12-6-4-5-9(12)7-14/h8-9,12H,3-6H2,1-2H3,(H,15,18). The van der Waals surface area contributed by atoms with Gasteiger partial charge in [-0.15, -0.1) is 0 Å². The van der Waals surface area contributed by atoms with Crippen molar-refractivity contribution in [1.29, 1.82) is 5.26 Å². The Kier molecular flexibility index (Phi) is 3.66. The van der Waals surface area contributed by atoms with Crippen LogP contribution in [0.1, 0.15) is 42.2 Å². The van der Waals surface area contributed by atoms with Crippen molar-refractivity contribution in [1.82, 2.24) is 15.1 Å². The molecule has 5 nitrogen and oxygen atoms in total. The molecule has 1 aliphatic rings. The van der Waals surface area contributed by atoms with Gasteiger partial charge in [-0.2, -0.15) is 10.4 Å². The Balaban J connectivity index is 2.10. The van der Waals surface area contributed by atoms with E-state index in [1.54, 1.807) is 10.9 Å². The molecule has 0 bridgehead atoms. The summed E-state index contributed by atoms with van der Waals surface area (Å²) in [6, 6.07) is 2.26. The molecule has 2 rings (SSSR count). The van der Waals surface area contributed by atoms with Gasteiger partial charge in [0.2, 0.25) is 0 Å². The van der Waals surface area contributed by atoms with Crippen LogP contribution in [0.4, 0.5) is 0 Å². The van der Waals surface area contributed by atoms with Crippen molar-refractivity contribution in [2.24, 2.45) is 13.0 Å². The number of aryl methyl sites for hydroxylation is 2. The quantitative estimate of drug-likeness (QED) is 0.876. The van der Waals surface area contributed by atoms with Crippen LogP contribution in [0.5, 0.6) is 0 Å². The van der Waals surface area contributed by atoms with Gasteiger partial charge in [0.05, 0.1) is 23.2 Å². The van der Waals surface area contributed by atoms with Crippen molar-refractivity contribution in [3.8, 4) is 6.07 Å². The number of hydrogen-bond donors (Lipinski definition) is 1. The Bertz CT molecular complexity index is 486. The first kappa shape index (κ1) is 12.6. The number of carbonyl (C=O) groups excluding carboxylic acids is 1. The van der Waals surface area contributed by atoms with E-state index in [0.29, 0.717) is 5.56 Å². The van der Waals surface area contributed by atoms with Crippen molar-refractivity contribution < 1.29 is 4.79 Å². The van der Waals surface area contributed by atoms with Crippen molar-refractivity contribution in [3.63, 3.8) is 0 Å². The normalized spacial score (nSPS) is 22.7. The smallest absolute Gasteiger partial charge is 0.255 e. The summed E-state index contributed by atoms with van der Waals surface area (Å²) >= 11 is 0. The van der Waals surface area contributed by atoms with Crippen LogP contribution < -0.4 is 5.32 Å². The maximum absolute atomic E-state index is 12.2. The van der Waals surface area contributed by atoms with E-state index in [1.807, 2.05) is 14.0 Å². The molecule has 1 aromatic heterocycles. The minimum absolute atomic E-state index is 0.00703. The number of nitrogens with one attached hydrogen (secondary N) is 1. The second kappa shape index (κ2) is 5.21. The number of nitrogens with zero attached hydrogens (tertiary/aromatic N) is 3. The van der Waals surface area contributed by atoms with Gasteiger partial charge in [-0.1, -0.05) is 6.92 Å². The number of amides is 1. The summed E-state index contributed by atoms with van der Waals surface area (Å²) in [5.74, 6) is -0.150. The van der Waals surface area contributed by atoms with Gasteiger partial charge in [0, 0.05) is 19.3 Å². The van der Waals surface area contributed by atoms with Gasteiger partial charge >= 0.3 is 0 Å². The van der Waals surface area contributed by atoms with E-state index in [0.717, 1.165) is 31.4 Å². The highest BCUT2D eigenvalue weighted by atomic mass is 16.1. The molecule has 0 spiro atoms. The van der Waals surface area contributed by atoms with E-state index in [1.165, 1.54) is 0 Å². The molecule has 1 aliphatic carbocycles. The average molecular weight is 246 g/mol. The van der Waals surface area contributed by atoms with Crippen molar-refractivity contribution >= 4 is 5.91 Å². The van der Waals surface area contributed by atoms with Crippen molar-refractivity contribution in [2.45, 2.75) is 38.6 Å². The minimum atomic E-state index is -0.105. The van der Waals surface area contributed by atoms with Crippen LogP contribution in [0.15, 0.2) is 6.20 Å². The zero-order valence-corrected chi connectivity index (χ0v) is 10.8. The third-order valence-corrected chi connectivity index (χ3v) is 3.48.